The van der Waals surface area contributed by atoms with Crippen molar-refractivity contribution < 1.29 is 9.84 Å². The predicted octanol–water partition coefficient (Wildman–Crippen LogP) is 3.18. The molecule has 0 aromatic heterocycles. The van der Waals surface area contributed by atoms with Crippen molar-refractivity contribution in [2.45, 2.75) is 39.7 Å². The summed E-state index contributed by atoms with van der Waals surface area (Å²) in [7, 11) is 1.69. The lowest BCUT2D eigenvalue weighted by Crippen LogP contribution is -2.31. The zero-order valence-corrected chi connectivity index (χ0v) is 11.6. The van der Waals surface area contributed by atoms with Gasteiger partial charge in [0.15, 0.2) is 0 Å². The lowest BCUT2D eigenvalue weighted by molar-refractivity contribution is -0.0107. The normalized spacial score (nSPS) is 16.6. The molecule has 1 aromatic rings. The summed E-state index contributed by atoms with van der Waals surface area (Å²) in [4.78, 5) is 0. The van der Waals surface area contributed by atoms with Crippen LogP contribution < -0.4 is 0 Å². The van der Waals surface area contributed by atoms with Crippen molar-refractivity contribution in [3.05, 3.63) is 34.9 Å². The average Bonchev–Trinajstić information content (AvgIpc) is 2.24. The number of benzene rings is 1. The molecule has 0 amide bonds. The largest absolute Gasteiger partial charge is 0.385 e. The van der Waals surface area contributed by atoms with Crippen LogP contribution in [0.5, 0.6) is 0 Å². The van der Waals surface area contributed by atoms with E-state index in [4.69, 9.17) is 4.74 Å². The Bertz CT molecular complexity index is 349. The molecule has 1 aromatic carbocycles. The molecule has 0 saturated carbocycles. The quantitative estimate of drug-likeness (QED) is 0.850. The summed E-state index contributed by atoms with van der Waals surface area (Å²) in [6, 6.07) is 6.26. The Hall–Kier alpha value is -0.860. The first-order chi connectivity index (χ1) is 7.87. The van der Waals surface area contributed by atoms with Gasteiger partial charge in [0.1, 0.15) is 0 Å². The molecular weight excluding hydrogens is 212 g/mol. The van der Waals surface area contributed by atoms with Crippen molar-refractivity contribution in [1.29, 1.82) is 0 Å². The molecule has 0 fully saturated rings. The van der Waals surface area contributed by atoms with E-state index >= 15 is 0 Å². The molecule has 0 aliphatic carbocycles. The summed E-state index contributed by atoms with van der Waals surface area (Å²) in [6.45, 7) is 8.76. The molecule has 96 valence electrons. The zero-order valence-electron chi connectivity index (χ0n) is 11.6. The Labute approximate surface area is 105 Å². The Morgan fingerprint density at radius 3 is 2.24 bits per heavy atom. The molecule has 2 unspecified atom stereocenters. The second kappa shape index (κ2) is 5.65. The number of methoxy groups -OCH3 is 1. The highest BCUT2D eigenvalue weighted by Crippen LogP contribution is 2.32. The van der Waals surface area contributed by atoms with Crippen molar-refractivity contribution in [3.63, 3.8) is 0 Å². The van der Waals surface area contributed by atoms with Gasteiger partial charge < -0.3 is 9.84 Å². The summed E-state index contributed by atoms with van der Waals surface area (Å²) in [5, 5.41) is 10.7. The molecule has 2 nitrogen and oxygen atoms in total. The summed E-state index contributed by atoms with van der Waals surface area (Å²) in [5.41, 5.74) is 2.59. The van der Waals surface area contributed by atoms with E-state index in [1.165, 1.54) is 11.1 Å². The lowest BCUT2D eigenvalue weighted by Gasteiger charge is -2.31. The monoisotopic (exact) mass is 236 g/mol. The SMILES string of the molecule is COCCC(C)C(C)(O)c1cc(C)cc(C)c1. The van der Waals surface area contributed by atoms with Gasteiger partial charge >= 0.3 is 0 Å². The molecule has 1 rings (SSSR count). The molecular formula is C15H24O2. The van der Waals surface area contributed by atoms with Gasteiger partial charge in [-0.2, -0.15) is 0 Å². The van der Waals surface area contributed by atoms with Crippen molar-refractivity contribution in [3.8, 4) is 0 Å². The third kappa shape index (κ3) is 3.55. The highest BCUT2D eigenvalue weighted by molar-refractivity contribution is 5.32. The fourth-order valence-corrected chi connectivity index (χ4v) is 2.13. The van der Waals surface area contributed by atoms with Gasteiger partial charge in [0, 0.05) is 13.7 Å². The predicted molar refractivity (Wildman–Crippen MR) is 71.1 cm³/mol. The molecule has 17 heavy (non-hydrogen) atoms. The third-order valence-corrected chi connectivity index (χ3v) is 3.52. The van der Waals surface area contributed by atoms with Crippen LogP contribution in [0.2, 0.25) is 0 Å². The molecule has 2 atom stereocenters. The second-order valence-corrected chi connectivity index (χ2v) is 5.21. The van der Waals surface area contributed by atoms with Crippen LogP contribution in [0.15, 0.2) is 18.2 Å². The minimum absolute atomic E-state index is 0.170. The van der Waals surface area contributed by atoms with E-state index in [2.05, 4.69) is 39.0 Å². The number of hydrogen-bond acceptors (Lipinski definition) is 2. The van der Waals surface area contributed by atoms with Crippen LogP contribution >= 0.6 is 0 Å². The zero-order chi connectivity index (χ0) is 13.1. The van der Waals surface area contributed by atoms with Crippen molar-refractivity contribution in [2.75, 3.05) is 13.7 Å². The minimum Gasteiger partial charge on any atom is -0.385 e. The van der Waals surface area contributed by atoms with Gasteiger partial charge in [0.2, 0.25) is 0 Å². The van der Waals surface area contributed by atoms with Gasteiger partial charge in [-0.05, 0) is 38.7 Å². The van der Waals surface area contributed by atoms with Crippen LogP contribution in [-0.4, -0.2) is 18.8 Å². The maximum absolute atomic E-state index is 10.7. The number of hydrogen-bond donors (Lipinski definition) is 1. The minimum atomic E-state index is -0.796. The van der Waals surface area contributed by atoms with Crippen LogP contribution in [0.4, 0.5) is 0 Å². The Morgan fingerprint density at radius 2 is 1.76 bits per heavy atom. The van der Waals surface area contributed by atoms with Gasteiger partial charge in [-0.15, -0.1) is 0 Å². The highest BCUT2D eigenvalue weighted by Gasteiger charge is 2.30. The summed E-state index contributed by atoms with van der Waals surface area (Å²) >= 11 is 0. The standard InChI is InChI=1S/C15H24O2/c1-11-8-12(2)10-14(9-11)15(4,16)13(3)6-7-17-5/h8-10,13,16H,6-7H2,1-5H3. The van der Waals surface area contributed by atoms with Gasteiger partial charge in [0.05, 0.1) is 5.60 Å². The van der Waals surface area contributed by atoms with E-state index in [1.807, 2.05) is 6.92 Å². The Morgan fingerprint density at radius 1 is 1.24 bits per heavy atom. The molecule has 0 bridgehead atoms. The van der Waals surface area contributed by atoms with Crippen LogP contribution in [0.25, 0.3) is 0 Å². The lowest BCUT2D eigenvalue weighted by atomic mass is 9.81. The first-order valence-corrected chi connectivity index (χ1v) is 6.18. The van der Waals surface area contributed by atoms with Crippen LogP contribution in [-0.2, 0) is 10.3 Å². The van der Waals surface area contributed by atoms with Gasteiger partial charge in [-0.25, -0.2) is 0 Å². The fourth-order valence-electron chi connectivity index (χ4n) is 2.13. The van der Waals surface area contributed by atoms with Gasteiger partial charge in [-0.1, -0.05) is 36.2 Å². The molecule has 0 radical (unpaired) electrons. The van der Waals surface area contributed by atoms with E-state index in [0.717, 1.165) is 12.0 Å². The first-order valence-electron chi connectivity index (χ1n) is 6.18. The molecule has 0 heterocycles. The van der Waals surface area contributed by atoms with Crippen LogP contribution in [0.3, 0.4) is 0 Å². The molecule has 0 spiro atoms. The smallest absolute Gasteiger partial charge is 0.0894 e. The summed E-state index contributed by atoms with van der Waals surface area (Å²) in [6.07, 6.45) is 0.858. The van der Waals surface area contributed by atoms with Crippen molar-refractivity contribution >= 4 is 0 Å². The topological polar surface area (TPSA) is 29.5 Å². The van der Waals surface area contributed by atoms with Gasteiger partial charge in [0.25, 0.3) is 0 Å². The fraction of sp³-hybridized carbons (Fsp3) is 0.600. The second-order valence-electron chi connectivity index (χ2n) is 5.21. The summed E-state index contributed by atoms with van der Waals surface area (Å²) in [5.74, 6) is 0.170. The molecule has 2 heteroatoms. The van der Waals surface area contributed by atoms with E-state index in [-0.39, 0.29) is 5.92 Å². The third-order valence-electron chi connectivity index (χ3n) is 3.52. The van der Waals surface area contributed by atoms with E-state index in [9.17, 15) is 5.11 Å². The highest BCUT2D eigenvalue weighted by atomic mass is 16.5. The van der Waals surface area contributed by atoms with Crippen molar-refractivity contribution in [1.82, 2.24) is 0 Å². The molecule has 0 aliphatic heterocycles. The number of rotatable bonds is 5. The van der Waals surface area contributed by atoms with Crippen LogP contribution in [0, 0.1) is 19.8 Å². The van der Waals surface area contributed by atoms with E-state index < -0.39 is 5.60 Å². The Kier molecular flexibility index (Phi) is 4.72. The molecule has 0 aliphatic rings. The first kappa shape index (κ1) is 14.2. The summed E-state index contributed by atoms with van der Waals surface area (Å²) < 4.78 is 5.08. The average molecular weight is 236 g/mol. The number of ether oxygens (including phenoxy) is 1. The molecule has 0 saturated heterocycles. The molecule has 1 N–H and O–H groups in total. The van der Waals surface area contributed by atoms with Gasteiger partial charge in [-0.3, -0.25) is 0 Å². The van der Waals surface area contributed by atoms with E-state index in [1.54, 1.807) is 7.11 Å². The maximum Gasteiger partial charge on any atom is 0.0894 e. The van der Waals surface area contributed by atoms with E-state index in [0.29, 0.717) is 6.61 Å². The number of aryl methyl sites for hydroxylation is 2. The number of aliphatic hydroxyl groups is 1. The van der Waals surface area contributed by atoms with Crippen molar-refractivity contribution in [2.24, 2.45) is 5.92 Å². The Balaban J connectivity index is 2.94. The maximum atomic E-state index is 10.7. The van der Waals surface area contributed by atoms with Crippen LogP contribution in [0.1, 0.15) is 37.0 Å².